The number of rotatable bonds is 4. The third kappa shape index (κ3) is 3.95. The Morgan fingerprint density at radius 3 is 2.39 bits per heavy atom. The van der Waals surface area contributed by atoms with Crippen LogP contribution in [0.3, 0.4) is 0 Å². The largest absolute Gasteiger partial charge is 0.349 e. The molecule has 144 valence electrons. The number of nitrogens with one attached hydrogen (secondary N) is 2. The van der Waals surface area contributed by atoms with Gasteiger partial charge in [0, 0.05) is 26.8 Å². The SMILES string of the molecule is O=C(NC1CC1)c1ccc(NC(=O)c2sc3cc(Cl)cc(Cl)c3c2Cl)cc1Cl. The number of carbonyl (C=O) groups is 2. The summed E-state index contributed by atoms with van der Waals surface area (Å²) < 4.78 is 0.720. The van der Waals surface area contributed by atoms with Crippen LogP contribution in [0.1, 0.15) is 32.9 Å². The van der Waals surface area contributed by atoms with Crippen LogP contribution < -0.4 is 10.6 Å². The van der Waals surface area contributed by atoms with E-state index in [-0.39, 0.29) is 22.0 Å². The van der Waals surface area contributed by atoms with E-state index in [1.165, 1.54) is 17.4 Å². The molecule has 0 bridgehead atoms. The van der Waals surface area contributed by atoms with Crippen molar-refractivity contribution < 1.29 is 9.59 Å². The molecule has 0 radical (unpaired) electrons. The number of halogens is 4. The van der Waals surface area contributed by atoms with Crippen molar-refractivity contribution in [3.05, 3.63) is 60.9 Å². The summed E-state index contributed by atoms with van der Waals surface area (Å²) in [6.45, 7) is 0. The van der Waals surface area contributed by atoms with Crippen molar-refractivity contribution in [1.29, 1.82) is 0 Å². The second kappa shape index (κ2) is 7.73. The molecule has 0 aliphatic heterocycles. The summed E-state index contributed by atoms with van der Waals surface area (Å²) in [7, 11) is 0. The number of carbonyl (C=O) groups excluding carboxylic acids is 2. The Balaban J connectivity index is 1.57. The van der Waals surface area contributed by atoms with Crippen LogP contribution in [0.2, 0.25) is 20.1 Å². The summed E-state index contributed by atoms with van der Waals surface area (Å²) >= 11 is 26.0. The monoisotopic (exact) mass is 472 g/mol. The van der Waals surface area contributed by atoms with Gasteiger partial charge in [-0.2, -0.15) is 0 Å². The lowest BCUT2D eigenvalue weighted by Gasteiger charge is -2.09. The Bertz CT molecular complexity index is 1120. The zero-order valence-corrected chi connectivity index (χ0v) is 18.0. The average molecular weight is 474 g/mol. The van der Waals surface area contributed by atoms with E-state index >= 15 is 0 Å². The lowest BCUT2D eigenvalue weighted by atomic mass is 10.2. The van der Waals surface area contributed by atoms with Gasteiger partial charge in [0.25, 0.3) is 11.8 Å². The van der Waals surface area contributed by atoms with Crippen molar-refractivity contribution >= 4 is 85.3 Å². The molecule has 9 heteroatoms. The van der Waals surface area contributed by atoms with Gasteiger partial charge in [-0.15, -0.1) is 11.3 Å². The minimum Gasteiger partial charge on any atom is -0.349 e. The number of benzene rings is 2. The third-order valence-electron chi connectivity index (χ3n) is 4.24. The van der Waals surface area contributed by atoms with E-state index in [4.69, 9.17) is 46.4 Å². The number of hydrogen-bond acceptors (Lipinski definition) is 3. The molecule has 0 atom stereocenters. The fourth-order valence-electron chi connectivity index (χ4n) is 2.71. The van der Waals surface area contributed by atoms with Crippen molar-refractivity contribution in [2.45, 2.75) is 18.9 Å². The highest BCUT2D eigenvalue weighted by atomic mass is 35.5. The van der Waals surface area contributed by atoms with E-state index in [2.05, 4.69) is 10.6 Å². The van der Waals surface area contributed by atoms with Crippen LogP contribution in [-0.2, 0) is 0 Å². The molecule has 1 saturated carbocycles. The number of fused-ring (bicyclic) bond motifs is 1. The molecule has 0 saturated heterocycles. The van der Waals surface area contributed by atoms with Crippen LogP contribution in [0.15, 0.2) is 30.3 Å². The quantitative estimate of drug-likeness (QED) is 0.445. The maximum absolute atomic E-state index is 12.7. The zero-order chi connectivity index (χ0) is 20.0. The summed E-state index contributed by atoms with van der Waals surface area (Å²) in [5, 5.41) is 7.60. The summed E-state index contributed by atoms with van der Waals surface area (Å²) in [6, 6.07) is 8.26. The molecule has 1 aliphatic rings. The topological polar surface area (TPSA) is 58.2 Å². The smallest absolute Gasteiger partial charge is 0.267 e. The standard InChI is InChI=1S/C19H12Cl4N2O2S/c20-8-5-13(22)15-14(6-8)28-17(16(15)23)19(27)25-10-3-4-11(12(21)7-10)18(26)24-9-1-2-9/h3-7,9H,1-2H2,(H,24,26)(H,25,27). The lowest BCUT2D eigenvalue weighted by molar-refractivity contribution is 0.0950. The maximum Gasteiger partial charge on any atom is 0.267 e. The van der Waals surface area contributed by atoms with Crippen LogP contribution in [0.25, 0.3) is 10.1 Å². The highest BCUT2D eigenvalue weighted by molar-refractivity contribution is 7.21. The first-order chi connectivity index (χ1) is 13.3. The van der Waals surface area contributed by atoms with E-state index in [1.54, 1.807) is 24.3 Å². The second-order valence-electron chi connectivity index (χ2n) is 6.40. The number of amides is 2. The number of thiophene rings is 1. The Hall–Kier alpha value is -1.50. The van der Waals surface area contributed by atoms with Gasteiger partial charge in [-0.25, -0.2) is 0 Å². The molecule has 1 aromatic heterocycles. The first-order valence-electron chi connectivity index (χ1n) is 8.32. The molecule has 4 nitrogen and oxygen atoms in total. The third-order valence-corrected chi connectivity index (χ3v) is 6.69. The summed E-state index contributed by atoms with van der Waals surface area (Å²) in [5.74, 6) is -0.617. The molecular formula is C19H12Cl4N2O2S. The van der Waals surface area contributed by atoms with Crippen molar-refractivity contribution in [2.24, 2.45) is 0 Å². The molecule has 2 amide bonds. The zero-order valence-electron chi connectivity index (χ0n) is 14.1. The van der Waals surface area contributed by atoms with Crippen LogP contribution in [0.5, 0.6) is 0 Å². The van der Waals surface area contributed by atoms with Gasteiger partial charge in [0.1, 0.15) is 4.88 Å². The summed E-state index contributed by atoms with van der Waals surface area (Å²) in [4.78, 5) is 25.2. The fraction of sp³-hybridized carbons (Fsp3) is 0.158. The van der Waals surface area contributed by atoms with Gasteiger partial charge in [0.05, 0.1) is 20.6 Å². The van der Waals surface area contributed by atoms with Crippen LogP contribution >= 0.6 is 57.7 Å². The molecule has 4 rings (SSSR count). The van der Waals surface area contributed by atoms with E-state index in [0.29, 0.717) is 31.6 Å². The molecule has 2 aromatic carbocycles. The molecular weight excluding hydrogens is 462 g/mol. The van der Waals surface area contributed by atoms with Crippen LogP contribution in [0, 0.1) is 0 Å². The first-order valence-corrected chi connectivity index (χ1v) is 10.6. The summed E-state index contributed by atoms with van der Waals surface area (Å²) in [5.41, 5.74) is 0.823. The second-order valence-corrected chi connectivity index (χ2v) is 9.08. The van der Waals surface area contributed by atoms with Gasteiger partial charge in [-0.1, -0.05) is 46.4 Å². The highest BCUT2D eigenvalue weighted by Crippen LogP contribution is 2.41. The molecule has 3 aromatic rings. The van der Waals surface area contributed by atoms with Gasteiger partial charge in [-0.05, 0) is 43.2 Å². The van der Waals surface area contributed by atoms with Crippen molar-refractivity contribution in [2.75, 3.05) is 5.32 Å². The molecule has 0 spiro atoms. The normalized spacial score (nSPS) is 13.6. The van der Waals surface area contributed by atoms with E-state index < -0.39 is 5.91 Å². The Morgan fingerprint density at radius 1 is 0.964 bits per heavy atom. The number of anilines is 1. The van der Waals surface area contributed by atoms with Crippen molar-refractivity contribution in [1.82, 2.24) is 5.32 Å². The number of hydrogen-bond donors (Lipinski definition) is 2. The average Bonchev–Trinajstić information content (AvgIpc) is 3.36. The Kier molecular flexibility index (Phi) is 5.47. The minimum absolute atomic E-state index is 0.218. The van der Waals surface area contributed by atoms with Crippen LogP contribution in [0.4, 0.5) is 5.69 Å². The molecule has 0 unspecified atom stereocenters. The maximum atomic E-state index is 12.7. The fourth-order valence-corrected chi connectivity index (χ4v) is 5.25. The Morgan fingerprint density at radius 2 is 1.71 bits per heavy atom. The van der Waals surface area contributed by atoms with E-state index in [9.17, 15) is 9.59 Å². The molecule has 2 N–H and O–H groups in total. The first kappa shape index (κ1) is 19.8. The molecule has 1 aliphatic carbocycles. The van der Waals surface area contributed by atoms with Gasteiger partial charge in [0.15, 0.2) is 0 Å². The van der Waals surface area contributed by atoms with Gasteiger partial charge < -0.3 is 10.6 Å². The van der Waals surface area contributed by atoms with E-state index in [1.807, 2.05) is 0 Å². The molecule has 1 heterocycles. The highest BCUT2D eigenvalue weighted by Gasteiger charge is 2.25. The van der Waals surface area contributed by atoms with Gasteiger partial charge >= 0.3 is 0 Å². The lowest BCUT2D eigenvalue weighted by Crippen LogP contribution is -2.25. The van der Waals surface area contributed by atoms with Gasteiger partial charge in [0.2, 0.25) is 0 Å². The van der Waals surface area contributed by atoms with Crippen LogP contribution in [-0.4, -0.2) is 17.9 Å². The predicted octanol–water partition coefficient (Wildman–Crippen LogP) is 6.66. The molecule has 1 fully saturated rings. The summed E-state index contributed by atoms with van der Waals surface area (Å²) in [6.07, 6.45) is 1.98. The molecule has 28 heavy (non-hydrogen) atoms. The predicted molar refractivity (Wildman–Crippen MR) is 117 cm³/mol. The van der Waals surface area contributed by atoms with Gasteiger partial charge in [-0.3, -0.25) is 9.59 Å². The van der Waals surface area contributed by atoms with Crippen molar-refractivity contribution in [3.63, 3.8) is 0 Å². The van der Waals surface area contributed by atoms with Crippen molar-refractivity contribution in [3.8, 4) is 0 Å². The van der Waals surface area contributed by atoms with E-state index in [0.717, 1.165) is 17.5 Å². The minimum atomic E-state index is -0.398. The Labute approximate surface area is 184 Å².